The first-order chi connectivity index (χ1) is 14.6. The van der Waals surface area contributed by atoms with Crippen LogP contribution in [0.25, 0.3) is 11.3 Å². The minimum atomic E-state index is -0.599. The van der Waals surface area contributed by atoms with Gasteiger partial charge >= 0.3 is 0 Å². The summed E-state index contributed by atoms with van der Waals surface area (Å²) in [6.45, 7) is 0.207. The van der Waals surface area contributed by atoms with E-state index < -0.39 is 12.3 Å². The van der Waals surface area contributed by atoms with Gasteiger partial charge in [0.25, 0.3) is 5.91 Å². The second-order valence-corrected chi connectivity index (χ2v) is 6.90. The quantitative estimate of drug-likeness (QED) is 0.603. The van der Waals surface area contributed by atoms with Crippen molar-refractivity contribution in [2.24, 2.45) is 0 Å². The van der Waals surface area contributed by atoms with Crippen molar-refractivity contribution in [3.63, 3.8) is 0 Å². The number of rotatable bonds is 7. The summed E-state index contributed by atoms with van der Waals surface area (Å²) in [4.78, 5) is 14.9. The third-order valence-electron chi connectivity index (χ3n) is 5.28. The smallest absolute Gasteiger partial charge is 0.273 e. The maximum atomic E-state index is 13.6. The summed E-state index contributed by atoms with van der Waals surface area (Å²) >= 11 is 0. The number of fused-ring (bicyclic) bond motifs is 1. The van der Waals surface area contributed by atoms with Gasteiger partial charge in [-0.3, -0.25) is 9.89 Å². The normalized spacial score (nSPS) is 15.7. The summed E-state index contributed by atoms with van der Waals surface area (Å²) in [5.74, 6) is 0.163. The van der Waals surface area contributed by atoms with Crippen molar-refractivity contribution in [2.45, 2.75) is 12.3 Å². The van der Waals surface area contributed by atoms with Crippen LogP contribution in [0.1, 0.15) is 27.7 Å². The SMILES string of the molecule is COc1ccc(-c2n[nH]c3c2C(c2ccc(F)cc2)N(CC(OC)OC)C3=O)cc1. The van der Waals surface area contributed by atoms with Crippen molar-refractivity contribution in [1.29, 1.82) is 0 Å². The molecule has 7 nitrogen and oxygen atoms in total. The minimum Gasteiger partial charge on any atom is -0.497 e. The summed E-state index contributed by atoms with van der Waals surface area (Å²) in [6.07, 6.45) is -0.599. The van der Waals surface area contributed by atoms with Gasteiger partial charge in [-0.05, 0) is 42.0 Å². The van der Waals surface area contributed by atoms with E-state index in [1.54, 1.807) is 24.1 Å². The number of carbonyl (C=O) groups is 1. The molecule has 0 spiro atoms. The highest BCUT2D eigenvalue weighted by molar-refractivity contribution is 6.00. The number of aromatic nitrogens is 2. The number of halogens is 1. The molecule has 0 bridgehead atoms. The Kier molecular flexibility index (Phi) is 5.52. The highest BCUT2D eigenvalue weighted by atomic mass is 19.1. The molecule has 1 unspecified atom stereocenters. The molecule has 3 aromatic rings. The highest BCUT2D eigenvalue weighted by Crippen LogP contribution is 2.43. The zero-order chi connectivity index (χ0) is 21.3. The second kappa shape index (κ2) is 8.25. The van der Waals surface area contributed by atoms with Gasteiger partial charge in [-0.25, -0.2) is 4.39 Å². The van der Waals surface area contributed by atoms with Crippen LogP contribution in [-0.2, 0) is 9.47 Å². The number of aromatic amines is 1. The molecule has 1 atom stereocenters. The summed E-state index contributed by atoms with van der Waals surface area (Å²) in [7, 11) is 4.64. The summed E-state index contributed by atoms with van der Waals surface area (Å²) in [6, 6.07) is 13.1. The molecule has 1 aliphatic rings. The average molecular weight is 411 g/mol. The van der Waals surface area contributed by atoms with Crippen LogP contribution >= 0.6 is 0 Å². The van der Waals surface area contributed by atoms with Crippen LogP contribution in [-0.4, -0.2) is 55.2 Å². The molecular weight excluding hydrogens is 389 g/mol. The van der Waals surface area contributed by atoms with Crippen molar-refractivity contribution >= 4 is 5.91 Å². The molecule has 0 saturated carbocycles. The minimum absolute atomic E-state index is 0.207. The predicted octanol–water partition coefficient (Wildman–Crippen LogP) is 3.39. The molecule has 30 heavy (non-hydrogen) atoms. The van der Waals surface area contributed by atoms with Gasteiger partial charge in [-0.1, -0.05) is 12.1 Å². The van der Waals surface area contributed by atoms with Crippen molar-refractivity contribution in [2.75, 3.05) is 27.9 Å². The molecule has 0 aliphatic carbocycles. The Hall–Kier alpha value is -3.23. The largest absolute Gasteiger partial charge is 0.497 e. The first-order valence-electron chi connectivity index (χ1n) is 9.42. The Morgan fingerprint density at radius 1 is 1.07 bits per heavy atom. The van der Waals surface area contributed by atoms with Crippen LogP contribution in [0.2, 0.25) is 0 Å². The molecule has 1 amide bonds. The summed E-state index contributed by atoms with van der Waals surface area (Å²) < 4.78 is 29.4. The van der Waals surface area contributed by atoms with Crippen LogP contribution in [0.3, 0.4) is 0 Å². The Morgan fingerprint density at radius 2 is 1.73 bits per heavy atom. The van der Waals surface area contributed by atoms with Crippen molar-refractivity contribution < 1.29 is 23.4 Å². The molecular formula is C22H22FN3O4. The molecule has 156 valence electrons. The fraction of sp³-hybridized carbons (Fsp3) is 0.273. The second-order valence-electron chi connectivity index (χ2n) is 6.90. The van der Waals surface area contributed by atoms with E-state index in [2.05, 4.69) is 10.2 Å². The standard InChI is InChI=1S/C22H22FN3O4/c1-28-16-10-6-13(7-11-16)19-18-20(25-24-19)22(27)26(12-17(29-2)30-3)21(18)14-4-8-15(23)9-5-14/h4-11,17,21H,12H2,1-3H3,(H,24,25). The molecule has 1 aliphatic heterocycles. The van der Waals surface area contributed by atoms with E-state index in [0.717, 1.165) is 22.4 Å². The Balaban J connectivity index is 1.82. The lowest BCUT2D eigenvalue weighted by molar-refractivity contribution is -0.113. The van der Waals surface area contributed by atoms with Crippen LogP contribution in [0.5, 0.6) is 5.75 Å². The average Bonchev–Trinajstić information content (AvgIpc) is 3.32. The van der Waals surface area contributed by atoms with Crippen molar-refractivity contribution in [3.05, 3.63) is 71.2 Å². The molecule has 1 aromatic heterocycles. The third kappa shape index (κ3) is 3.44. The Morgan fingerprint density at radius 3 is 2.33 bits per heavy atom. The van der Waals surface area contributed by atoms with Crippen molar-refractivity contribution in [3.8, 4) is 17.0 Å². The van der Waals surface area contributed by atoms with Gasteiger partial charge in [0.1, 0.15) is 17.3 Å². The number of nitrogens with one attached hydrogen (secondary N) is 1. The fourth-order valence-electron chi connectivity index (χ4n) is 3.75. The number of H-pyrrole nitrogens is 1. The van der Waals surface area contributed by atoms with E-state index in [4.69, 9.17) is 14.2 Å². The first-order valence-corrected chi connectivity index (χ1v) is 9.42. The van der Waals surface area contributed by atoms with Crippen molar-refractivity contribution in [1.82, 2.24) is 15.1 Å². The molecule has 2 aromatic carbocycles. The lowest BCUT2D eigenvalue weighted by Crippen LogP contribution is -2.38. The van der Waals surface area contributed by atoms with Gasteiger partial charge in [0.2, 0.25) is 0 Å². The maximum absolute atomic E-state index is 13.6. The fourth-order valence-corrected chi connectivity index (χ4v) is 3.75. The molecule has 1 N–H and O–H groups in total. The van der Waals surface area contributed by atoms with Crippen LogP contribution in [0, 0.1) is 5.82 Å². The number of hydrogen-bond donors (Lipinski definition) is 1. The molecule has 2 heterocycles. The van der Waals surface area contributed by atoms with Crippen LogP contribution in [0.15, 0.2) is 48.5 Å². The van der Waals surface area contributed by atoms with E-state index in [9.17, 15) is 9.18 Å². The van der Waals surface area contributed by atoms with Gasteiger partial charge in [0, 0.05) is 25.3 Å². The summed E-state index contributed by atoms with van der Waals surface area (Å²) in [5.41, 5.74) is 3.41. The molecule has 0 saturated heterocycles. The Bertz CT molecular complexity index is 1030. The van der Waals surface area contributed by atoms with Gasteiger partial charge in [-0.15, -0.1) is 0 Å². The number of carbonyl (C=O) groups excluding carboxylic acids is 1. The number of hydrogen-bond acceptors (Lipinski definition) is 5. The van der Waals surface area contributed by atoms with Gasteiger partial charge in [0.05, 0.1) is 25.4 Å². The monoisotopic (exact) mass is 411 g/mol. The molecule has 0 radical (unpaired) electrons. The van der Waals surface area contributed by atoms with E-state index in [1.807, 2.05) is 24.3 Å². The number of nitrogens with zero attached hydrogens (tertiary/aromatic N) is 2. The van der Waals surface area contributed by atoms with E-state index in [1.165, 1.54) is 26.4 Å². The number of methoxy groups -OCH3 is 3. The number of benzene rings is 2. The zero-order valence-electron chi connectivity index (χ0n) is 16.9. The van der Waals surface area contributed by atoms with Crippen LogP contribution < -0.4 is 4.74 Å². The van der Waals surface area contributed by atoms with Gasteiger partial charge in [-0.2, -0.15) is 5.10 Å². The lowest BCUT2D eigenvalue weighted by atomic mass is 9.96. The zero-order valence-corrected chi connectivity index (χ0v) is 16.9. The highest BCUT2D eigenvalue weighted by Gasteiger charge is 2.43. The molecule has 4 rings (SSSR count). The van der Waals surface area contributed by atoms with Gasteiger partial charge < -0.3 is 19.1 Å². The maximum Gasteiger partial charge on any atom is 0.273 e. The lowest BCUT2D eigenvalue weighted by Gasteiger charge is -2.29. The van der Waals surface area contributed by atoms with Gasteiger partial charge in [0.15, 0.2) is 6.29 Å². The van der Waals surface area contributed by atoms with E-state index in [-0.39, 0.29) is 18.3 Å². The van der Waals surface area contributed by atoms with E-state index in [0.29, 0.717) is 11.4 Å². The molecule has 8 heteroatoms. The number of amides is 1. The number of ether oxygens (including phenoxy) is 3. The first kappa shape index (κ1) is 20.1. The van der Waals surface area contributed by atoms with Crippen LogP contribution in [0.4, 0.5) is 4.39 Å². The predicted molar refractivity (Wildman–Crippen MR) is 108 cm³/mol. The summed E-state index contributed by atoms with van der Waals surface area (Å²) in [5, 5.41) is 7.30. The molecule has 0 fully saturated rings. The Labute approximate surface area is 173 Å². The third-order valence-corrected chi connectivity index (χ3v) is 5.28. The topological polar surface area (TPSA) is 76.7 Å². The van der Waals surface area contributed by atoms with E-state index >= 15 is 0 Å².